The number of alkyl halides is 3. The van der Waals surface area contributed by atoms with Crippen LogP contribution in [0, 0.1) is 11.7 Å². The third-order valence-corrected chi connectivity index (χ3v) is 7.73. The molecule has 0 radical (unpaired) electrons. The van der Waals surface area contributed by atoms with Gasteiger partial charge in [0.15, 0.2) is 0 Å². The second-order valence-electron chi connectivity index (χ2n) is 10.1. The van der Waals surface area contributed by atoms with Gasteiger partial charge in [0.25, 0.3) is 0 Å². The molecular weight excluding hydrogens is 458 g/mol. The van der Waals surface area contributed by atoms with E-state index in [4.69, 9.17) is 0 Å². The van der Waals surface area contributed by atoms with Crippen molar-refractivity contribution in [1.29, 1.82) is 0 Å². The number of hydrogen-bond donors (Lipinski definition) is 1. The molecule has 2 fully saturated rings. The lowest BCUT2D eigenvalue weighted by molar-refractivity contribution is -0.137. The second kappa shape index (κ2) is 9.80. The molecule has 2 atom stereocenters. The molecule has 0 spiro atoms. The predicted octanol–water partition coefficient (Wildman–Crippen LogP) is 5.16. The Labute approximate surface area is 203 Å². The van der Waals surface area contributed by atoms with Gasteiger partial charge in [-0.2, -0.15) is 13.2 Å². The van der Waals surface area contributed by atoms with Crippen LogP contribution >= 0.6 is 0 Å². The highest BCUT2D eigenvalue weighted by Gasteiger charge is 2.43. The number of halogens is 4. The minimum absolute atomic E-state index is 0.0569. The second-order valence-corrected chi connectivity index (χ2v) is 10.1. The molecule has 5 rings (SSSR count). The van der Waals surface area contributed by atoms with Gasteiger partial charge in [-0.1, -0.05) is 31.4 Å². The van der Waals surface area contributed by atoms with Crippen molar-refractivity contribution in [3.63, 3.8) is 0 Å². The van der Waals surface area contributed by atoms with Crippen LogP contribution in [0.2, 0.25) is 0 Å². The lowest BCUT2D eigenvalue weighted by Crippen LogP contribution is -2.61. The molecule has 0 aromatic heterocycles. The fourth-order valence-corrected chi connectivity index (χ4v) is 5.91. The van der Waals surface area contributed by atoms with Gasteiger partial charge in [0, 0.05) is 37.9 Å². The summed E-state index contributed by atoms with van der Waals surface area (Å²) in [7, 11) is 0. The highest BCUT2D eigenvalue weighted by molar-refractivity contribution is 5.82. The van der Waals surface area contributed by atoms with Gasteiger partial charge >= 0.3 is 6.18 Å². The summed E-state index contributed by atoms with van der Waals surface area (Å²) in [5.74, 6) is -0.761. The van der Waals surface area contributed by atoms with E-state index in [2.05, 4.69) is 15.1 Å². The number of piperazine rings is 1. The van der Waals surface area contributed by atoms with Crippen LogP contribution in [0.3, 0.4) is 0 Å². The molecule has 1 saturated heterocycles. The molecule has 1 aliphatic carbocycles. The fraction of sp³-hybridized carbons (Fsp3) is 0.519. The molecular formula is C27H31F4N3O. The minimum Gasteiger partial charge on any atom is -0.365 e. The molecule has 188 valence electrons. The van der Waals surface area contributed by atoms with Crippen LogP contribution in [0.4, 0.5) is 23.2 Å². The summed E-state index contributed by atoms with van der Waals surface area (Å²) >= 11 is 0. The normalized spacial score (nSPS) is 23.5. The van der Waals surface area contributed by atoms with Crippen molar-refractivity contribution in [2.24, 2.45) is 5.92 Å². The number of rotatable bonds is 4. The average molecular weight is 490 g/mol. The first-order chi connectivity index (χ1) is 16.8. The van der Waals surface area contributed by atoms with Crippen molar-refractivity contribution in [1.82, 2.24) is 10.2 Å². The maximum absolute atomic E-state index is 13.5. The van der Waals surface area contributed by atoms with Gasteiger partial charge in [-0.05, 0) is 60.7 Å². The van der Waals surface area contributed by atoms with Crippen LogP contribution in [-0.2, 0) is 23.9 Å². The van der Waals surface area contributed by atoms with Crippen LogP contribution < -0.4 is 10.2 Å². The molecule has 2 heterocycles. The number of carbonyl (C=O) groups is 1. The number of nitrogens with one attached hydrogen (secondary N) is 1. The Balaban J connectivity index is 1.40. The van der Waals surface area contributed by atoms with E-state index in [1.54, 1.807) is 18.2 Å². The maximum Gasteiger partial charge on any atom is 0.416 e. The van der Waals surface area contributed by atoms with Crippen LogP contribution in [0.5, 0.6) is 0 Å². The summed E-state index contributed by atoms with van der Waals surface area (Å²) in [5, 5.41) is 3.22. The minimum atomic E-state index is -4.42. The molecule has 1 amide bonds. The number of anilines is 1. The number of amides is 1. The van der Waals surface area contributed by atoms with Crippen molar-refractivity contribution in [3.05, 3.63) is 65.0 Å². The van der Waals surface area contributed by atoms with Gasteiger partial charge in [0.2, 0.25) is 5.91 Å². The smallest absolute Gasteiger partial charge is 0.365 e. The highest BCUT2D eigenvalue weighted by Crippen LogP contribution is 2.40. The van der Waals surface area contributed by atoms with Gasteiger partial charge in [-0.3, -0.25) is 9.69 Å². The summed E-state index contributed by atoms with van der Waals surface area (Å²) < 4.78 is 53.6. The zero-order chi connectivity index (χ0) is 24.6. The Kier molecular flexibility index (Phi) is 6.75. The molecule has 8 heteroatoms. The van der Waals surface area contributed by atoms with E-state index in [1.807, 2.05) is 0 Å². The van der Waals surface area contributed by atoms with Gasteiger partial charge in [-0.15, -0.1) is 0 Å². The van der Waals surface area contributed by atoms with Crippen molar-refractivity contribution in [2.45, 2.75) is 63.3 Å². The molecule has 35 heavy (non-hydrogen) atoms. The zero-order valence-electron chi connectivity index (χ0n) is 19.7. The van der Waals surface area contributed by atoms with E-state index < -0.39 is 17.7 Å². The molecule has 0 bridgehead atoms. The molecule has 0 unspecified atom stereocenters. The lowest BCUT2D eigenvalue weighted by Gasteiger charge is -2.49. The molecule has 4 nitrogen and oxygen atoms in total. The monoisotopic (exact) mass is 489 g/mol. The SMILES string of the molecule is O=C(NC1CCCCC1)[C@@H]1Cc2cc(C(F)(F)F)ccc2N2CCN(Cc3ccc(F)cc3)C[C@H]12. The highest BCUT2D eigenvalue weighted by atomic mass is 19.4. The van der Waals surface area contributed by atoms with Crippen molar-refractivity contribution in [2.75, 3.05) is 24.5 Å². The van der Waals surface area contributed by atoms with Gasteiger partial charge in [-0.25, -0.2) is 4.39 Å². The Morgan fingerprint density at radius 1 is 1.00 bits per heavy atom. The molecule has 3 aliphatic rings. The van der Waals surface area contributed by atoms with Crippen LogP contribution in [0.25, 0.3) is 0 Å². The Bertz CT molecular complexity index is 1050. The quantitative estimate of drug-likeness (QED) is 0.603. The van der Waals surface area contributed by atoms with E-state index in [0.717, 1.165) is 43.0 Å². The number of carbonyl (C=O) groups excluding carboxylic acids is 1. The maximum atomic E-state index is 13.5. The molecule has 2 aromatic carbocycles. The Hall–Kier alpha value is -2.61. The van der Waals surface area contributed by atoms with E-state index in [9.17, 15) is 22.4 Å². The third-order valence-electron chi connectivity index (χ3n) is 7.73. The molecule has 1 N–H and O–H groups in total. The number of nitrogens with zero attached hydrogens (tertiary/aromatic N) is 2. The van der Waals surface area contributed by atoms with E-state index in [-0.39, 0.29) is 23.8 Å². The molecule has 2 aliphatic heterocycles. The van der Waals surface area contributed by atoms with Crippen LogP contribution in [0.15, 0.2) is 42.5 Å². The third kappa shape index (κ3) is 5.32. The fourth-order valence-electron chi connectivity index (χ4n) is 5.91. The summed E-state index contributed by atoms with van der Waals surface area (Å²) in [4.78, 5) is 17.9. The van der Waals surface area contributed by atoms with Gasteiger partial charge in [0.05, 0.1) is 17.5 Å². The lowest BCUT2D eigenvalue weighted by atomic mass is 9.82. The van der Waals surface area contributed by atoms with E-state index >= 15 is 0 Å². The topological polar surface area (TPSA) is 35.6 Å². The first-order valence-corrected chi connectivity index (χ1v) is 12.5. The first kappa shape index (κ1) is 24.1. The Morgan fingerprint density at radius 2 is 1.74 bits per heavy atom. The number of benzene rings is 2. The average Bonchev–Trinajstić information content (AvgIpc) is 2.84. The van der Waals surface area contributed by atoms with E-state index in [1.165, 1.54) is 24.6 Å². The summed E-state index contributed by atoms with van der Waals surface area (Å²) in [6.45, 7) is 2.60. The number of fused-ring (bicyclic) bond motifs is 3. The van der Waals surface area contributed by atoms with Gasteiger partial charge < -0.3 is 10.2 Å². The van der Waals surface area contributed by atoms with Crippen LogP contribution in [0.1, 0.15) is 48.8 Å². The van der Waals surface area contributed by atoms with Gasteiger partial charge in [0.1, 0.15) is 5.82 Å². The van der Waals surface area contributed by atoms with Crippen molar-refractivity contribution in [3.8, 4) is 0 Å². The molecule has 1 saturated carbocycles. The zero-order valence-corrected chi connectivity index (χ0v) is 19.7. The first-order valence-electron chi connectivity index (χ1n) is 12.5. The Morgan fingerprint density at radius 3 is 2.46 bits per heavy atom. The van der Waals surface area contributed by atoms with E-state index in [0.29, 0.717) is 38.2 Å². The molecule has 2 aromatic rings. The standard InChI is InChI=1S/C27H31F4N3O/c28-21-9-6-18(7-10-21)16-33-12-13-34-24-11-8-20(27(29,30)31)14-19(24)15-23(25(34)17-33)26(35)32-22-4-2-1-3-5-22/h6-11,14,22-23,25H,1-5,12-13,15-17H2,(H,32,35)/t23-,25-/m1/s1. The number of hydrogen-bond acceptors (Lipinski definition) is 3. The summed E-state index contributed by atoms with van der Waals surface area (Å²) in [6.07, 6.45) is 1.15. The largest absolute Gasteiger partial charge is 0.416 e. The summed E-state index contributed by atoms with van der Waals surface area (Å²) in [5.41, 5.74) is 1.71. The predicted molar refractivity (Wildman–Crippen MR) is 126 cm³/mol. The van der Waals surface area contributed by atoms with Crippen molar-refractivity contribution >= 4 is 11.6 Å². The summed E-state index contributed by atoms with van der Waals surface area (Å²) in [6, 6.07) is 10.4. The van der Waals surface area contributed by atoms with Crippen LogP contribution in [-0.4, -0.2) is 42.5 Å². The van der Waals surface area contributed by atoms with Crippen molar-refractivity contribution < 1.29 is 22.4 Å².